The van der Waals surface area contributed by atoms with E-state index in [0.717, 1.165) is 26.7 Å². The molecule has 4 nitrogen and oxygen atoms in total. The molecule has 26 heavy (non-hydrogen) atoms. The molecule has 0 bridgehead atoms. The molecule has 134 valence electrons. The average Bonchev–Trinajstić information content (AvgIpc) is 3.02. The number of rotatable bonds is 5. The summed E-state index contributed by atoms with van der Waals surface area (Å²) in [6.07, 6.45) is -3.24. The third-order valence-corrected chi connectivity index (χ3v) is 5.40. The first-order chi connectivity index (χ1) is 12.4. The monoisotopic (exact) mass is 395 g/mol. The van der Waals surface area contributed by atoms with Gasteiger partial charge in [-0.15, -0.1) is 11.3 Å². The number of fused-ring (bicyclic) bond motifs is 1. The number of hydrazone groups is 1. The Bertz CT molecular complexity index is 921. The van der Waals surface area contributed by atoms with Crippen LogP contribution in [0.3, 0.4) is 0 Å². The van der Waals surface area contributed by atoms with Crippen LogP contribution in [0.5, 0.6) is 0 Å². The zero-order valence-electron chi connectivity index (χ0n) is 13.2. The van der Waals surface area contributed by atoms with Gasteiger partial charge >= 0.3 is 6.18 Å². The molecule has 0 radical (unpaired) electrons. The van der Waals surface area contributed by atoms with Crippen LogP contribution in [0, 0.1) is 0 Å². The van der Waals surface area contributed by atoms with Gasteiger partial charge in [-0.3, -0.25) is 4.79 Å². The number of nitrogens with zero attached hydrogens (tertiary/aromatic N) is 2. The molecule has 0 aliphatic carbocycles. The number of alkyl halides is 3. The highest BCUT2D eigenvalue weighted by molar-refractivity contribution is 8.01. The number of benzene rings is 2. The first kappa shape index (κ1) is 18.4. The minimum Gasteiger partial charge on any atom is -0.272 e. The molecule has 0 aliphatic heterocycles. The van der Waals surface area contributed by atoms with E-state index in [4.69, 9.17) is 0 Å². The molecule has 0 atom stereocenters. The number of aromatic nitrogens is 1. The van der Waals surface area contributed by atoms with Gasteiger partial charge < -0.3 is 0 Å². The highest BCUT2D eigenvalue weighted by Gasteiger charge is 2.30. The number of thioether (sulfide) groups is 1. The maximum Gasteiger partial charge on any atom is 0.416 e. The molecule has 1 N–H and O–H groups in total. The van der Waals surface area contributed by atoms with E-state index in [1.54, 1.807) is 0 Å². The van der Waals surface area contributed by atoms with Gasteiger partial charge in [-0.1, -0.05) is 36.0 Å². The van der Waals surface area contributed by atoms with Gasteiger partial charge in [0.2, 0.25) is 0 Å². The Labute approximate surface area is 155 Å². The quantitative estimate of drug-likeness (QED) is 0.392. The first-order valence-corrected chi connectivity index (χ1v) is 9.19. The second-order valence-corrected chi connectivity index (χ2v) is 7.41. The van der Waals surface area contributed by atoms with Crippen LogP contribution < -0.4 is 5.43 Å². The summed E-state index contributed by atoms with van der Waals surface area (Å²) >= 11 is 2.77. The number of nitrogens with one attached hydrogen (secondary N) is 1. The van der Waals surface area contributed by atoms with Crippen molar-refractivity contribution in [2.75, 3.05) is 5.75 Å². The number of hydrogen-bond donors (Lipinski definition) is 1. The molecule has 3 aromatic rings. The van der Waals surface area contributed by atoms with Gasteiger partial charge in [0.05, 0.1) is 27.7 Å². The highest BCUT2D eigenvalue weighted by atomic mass is 32.2. The lowest BCUT2D eigenvalue weighted by Gasteiger charge is -2.06. The summed E-state index contributed by atoms with van der Waals surface area (Å²) in [4.78, 5) is 16.2. The number of thiazole rings is 1. The molecule has 1 aromatic heterocycles. The normalized spacial score (nSPS) is 12.0. The number of hydrogen-bond acceptors (Lipinski definition) is 5. The maximum absolute atomic E-state index is 12.6. The zero-order valence-corrected chi connectivity index (χ0v) is 14.8. The Balaban J connectivity index is 1.53. The van der Waals surface area contributed by atoms with Crippen LogP contribution in [0.15, 0.2) is 58.0 Å². The largest absolute Gasteiger partial charge is 0.416 e. The van der Waals surface area contributed by atoms with Gasteiger partial charge in [0.15, 0.2) is 4.34 Å². The van der Waals surface area contributed by atoms with Crippen molar-refractivity contribution in [1.82, 2.24) is 10.4 Å². The highest BCUT2D eigenvalue weighted by Crippen LogP contribution is 2.30. The number of carbonyl (C=O) groups excluding carboxylic acids is 1. The topological polar surface area (TPSA) is 54.4 Å². The summed E-state index contributed by atoms with van der Waals surface area (Å²) < 4.78 is 39.7. The fourth-order valence-corrected chi connectivity index (χ4v) is 3.91. The SMILES string of the molecule is O=C(CSc1nc2ccccc2s1)NN=Cc1cccc(C(F)(F)F)c1. The minimum atomic E-state index is -4.42. The van der Waals surface area contributed by atoms with Gasteiger partial charge in [0, 0.05) is 0 Å². The van der Waals surface area contributed by atoms with Gasteiger partial charge in [-0.25, -0.2) is 10.4 Å². The summed E-state index contributed by atoms with van der Waals surface area (Å²) in [6, 6.07) is 12.4. The Hall–Kier alpha value is -2.39. The zero-order chi connectivity index (χ0) is 18.6. The Morgan fingerprint density at radius 3 is 2.81 bits per heavy atom. The van der Waals surface area contributed by atoms with Crippen LogP contribution >= 0.6 is 23.1 Å². The van der Waals surface area contributed by atoms with E-state index in [1.807, 2.05) is 24.3 Å². The van der Waals surface area contributed by atoms with E-state index in [-0.39, 0.29) is 17.2 Å². The van der Waals surface area contributed by atoms with Crippen molar-refractivity contribution in [3.05, 3.63) is 59.7 Å². The molecule has 1 heterocycles. The Kier molecular flexibility index (Phi) is 5.58. The van der Waals surface area contributed by atoms with E-state index in [0.29, 0.717) is 0 Å². The first-order valence-electron chi connectivity index (χ1n) is 7.39. The van der Waals surface area contributed by atoms with Gasteiger partial charge in [-0.2, -0.15) is 18.3 Å². The number of halogens is 3. The van der Waals surface area contributed by atoms with E-state index in [2.05, 4.69) is 15.5 Å². The predicted octanol–water partition coefficient (Wildman–Crippen LogP) is 4.56. The van der Waals surface area contributed by atoms with Gasteiger partial charge in [0.1, 0.15) is 0 Å². The Morgan fingerprint density at radius 2 is 2.04 bits per heavy atom. The molecule has 1 amide bonds. The predicted molar refractivity (Wildman–Crippen MR) is 97.5 cm³/mol. The fraction of sp³-hybridized carbons (Fsp3) is 0.118. The van der Waals surface area contributed by atoms with Crippen LogP contribution in [-0.4, -0.2) is 22.9 Å². The second kappa shape index (κ2) is 7.88. The standard InChI is InChI=1S/C17H12F3N3OS2/c18-17(19,20)12-5-3-4-11(8-12)9-21-23-15(24)10-25-16-22-13-6-1-2-7-14(13)26-16/h1-9H,10H2,(H,23,24). The molecule has 0 aliphatic rings. The van der Waals surface area contributed by atoms with Crippen LogP contribution in [0.1, 0.15) is 11.1 Å². The van der Waals surface area contributed by atoms with Crippen LogP contribution in [-0.2, 0) is 11.0 Å². The molecule has 0 saturated carbocycles. The number of para-hydroxylation sites is 1. The van der Waals surface area contributed by atoms with Crippen molar-refractivity contribution in [2.24, 2.45) is 5.10 Å². The van der Waals surface area contributed by atoms with Crippen LogP contribution in [0.2, 0.25) is 0 Å². The third-order valence-electron chi connectivity index (χ3n) is 3.22. The summed E-state index contributed by atoms with van der Waals surface area (Å²) in [6.45, 7) is 0. The van der Waals surface area contributed by atoms with Crippen molar-refractivity contribution < 1.29 is 18.0 Å². The lowest BCUT2D eigenvalue weighted by molar-refractivity contribution is -0.137. The lowest BCUT2D eigenvalue weighted by Crippen LogP contribution is -2.19. The van der Waals surface area contributed by atoms with E-state index < -0.39 is 11.7 Å². The summed E-state index contributed by atoms with van der Waals surface area (Å²) in [5.74, 6) is -0.253. The van der Waals surface area contributed by atoms with Crippen molar-refractivity contribution in [1.29, 1.82) is 0 Å². The van der Waals surface area contributed by atoms with Gasteiger partial charge in [0.25, 0.3) is 5.91 Å². The molecule has 0 spiro atoms. The summed E-state index contributed by atoms with van der Waals surface area (Å²) in [5, 5.41) is 3.70. The molecular formula is C17H12F3N3OS2. The van der Waals surface area contributed by atoms with Gasteiger partial charge in [-0.05, 0) is 29.8 Å². The smallest absolute Gasteiger partial charge is 0.272 e. The lowest BCUT2D eigenvalue weighted by atomic mass is 10.1. The maximum atomic E-state index is 12.6. The average molecular weight is 395 g/mol. The van der Waals surface area contributed by atoms with Crippen molar-refractivity contribution >= 4 is 45.4 Å². The third kappa shape index (κ3) is 4.83. The number of carbonyl (C=O) groups is 1. The molecule has 3 rings (SSSR count). The molecule has 0 saturated heterocycles. The molecule has 0 unspecified atom stereocenters. The molecule has 2 aromatic carbocycles. The molecule has 0 fully saturated rings. The van der Waals surface area contributed by atoms with Crippen LogP contribution in [0.4, 0.5) is 13.2 Å². The van der Waals surface area contributed by atoms with Crippen LogP contribution in [0.25, 0.3) is 10.2 Å². The minimum absolute atomic E-state index is 0.111. The summed E-state index contributed by atoms with van der Waals surface area (Å²) in [5.41, 5.74) is 2.66. The summed E-state index contributed by atoms with van der Waals surface area (Å²) in [7, 11) is 0. The molecular weight excluding hydrogens is 383 g/mol. The van der Waals surface area contributed by atoms with E-state index in [1.165, 1.54) is 41.4 Å². The van der Waals surface area contributed by atoms with Crippen molar-refractivity contribution in [3.63, 3.8) is 0 Å². The van der Waals surface area contributed by atoms with E-state index in [9.17, 15) is 18.0 Å². The second-order valence-electron chi connectivity index (χ2n) is 5.15. The Morgan fingerprint density at radius 1 is 1.23 bits per heavy atom. The van der Waals surface area contributed by atoms with Crippen molar-refractivity contribution in [3.8, 4) is 0 Å². The number of amides is 1. The van der Waals surface area contributed by atoms with E-state index >= 15 is 0 Å². The van der Waals surface area contributed by atoms with Crippen molar-refractivity contribution in [2.45, 2.75) is 10.5 Å². The molecule has 9 heteroatoms. The fourth-order valence-electron chi connectivity index (χ4n) is 2.05.